The van der Waals surface area contributed by atoms with Gasteiger partial charge < -0.3 is 9.47 Å². The van der Waals surface area contributed by atoms with Gasteiger partial charge in [0.1, 0.15) is 0 Å². The van der Waals surface area contributed by atoms with Crippen molar-refractivity contribution in [2.24, 2.45) is 11.8 Å². The second-order valence-corrected chi connectivity index (χ2v) is 8.34. The van der Waals surface area contributed by atoms with Gasteiger partial charge in [-0.15, -0.1) is 10.2 Å². The number of hydrogen-bond acceptors (Lipinski definition) is 4. The van der Waals surface area contributed by atoms with Crippen LogP contribution in [0.5, 0.6) is 0 Å². The number of amides is 1. The Bertz CT molecular complexity index is 763. The van der Waals surface area contributed by atoms with Crippen molar-refractivity contribution in [2.45, 2.75) is 45.8 Å². The fraction of sp³-hybridized carbons (Fsp3) is 0.550. The number of rotatable bonds is 5. The highest BCUT2D eigenvalue weighted by Crippen LogP contribution is 2.27. The van der Waals surface area contributed by atoms with Crippen molar-refractivity contribution >= 4 is 17.7 Å². The van der Waals surface area contributed by atoms with Crippen molar-refractivity contribution < 1.29 is 4.79 Å². The topological polar surface area (TPSA) is 51.0 Å². The van der Waals surface area contributed by atoms with E-state index in [4.69, 9.17) is 0 Å². The van der Waals surface area contributed by atoms with Crippen molar-refractivity contribution in [3.05, 3.63) is 29.8 Å². The van der Waals surface area contributed by atoms with Crippen molar-refractivity contribution in [1.82, 2.24) is 19.7 Å². The number of aryl methyl sites for hydroxylation is 1. The van der Waals surface area contributed by atoms with Crippen molar-refractivity contribution in [3.8, 4) is 11.4 Å². The average molecular weight is 373 g/mol. The van der Waals surface area contributed by atoms with Gasteiger partial charge in [-0.1, -0.05) is 49.9 Å². The summed E-state index contributed by atoms with van der Waals surface area (Å²) in [7, 11) is 0. The molecule has 1 amide bonds. The minimum Gasteiger partial charge on any atom is -0.341 e. The molecule has 1 aliphatic rings. The van der Waals surface area contributed by atoms with E-state index in [0.717, 1.165) is 36.2 Å². The van der Waals surface area contributed by atoms with Gasteiger partial charge in [0.15, 0.2) is 11.0 Å². The van der Waals surface area contributed by atoms with Crippen LogP contribution in [-0.2, 0) is 11.3 Å². The van der Waals surface area contributed by atoms with Crippen molar-refractivity contribution in [2.75, 3.05) is 18.8 Å². The standard InChI is InChI=1S/C20H28N4OS/c1-5-24-19(17-9-7-6-8-16(17)4)21-22-20(24)26-13-18(25)23-11-14(2)10-15(3)12-23/h6-9,14-15H,5,10-13H2,1-4H3/t14-,15-/m1/s1. The number of thioether (sulfide) groups is 1. The second kappa shape index (κ2) is 8.25. The number of likely N-dealkylation sites (tertiary alicyclic amines) is 1. The molecule has 6 heteroatoms. The van der Waals surface area contributed by atoms with Gasteiger partial charge in [-0.2, -0.15) is 0 Å². The Morgan fingerprint density at radius 2 is 1.88 bits per heavy atom. The molecule has 0 bridgehead atoms. The molecule has 140 valence electrons. The minimum absolute atomic E-state index is 0.205. The number of carbonyl (C=O) groups excluding carboxylic acids is 1. The van der Waals surface area contributed by atoms with Crippen LogP contribution in [0.3, 0.4) is 0 Å². The molecule has 5 nitrogen and oxygen atoms in total. The average Bonchev–Trinajstić information content (AvgIpc) is 3.01. The highest BCUT2D eigenvalue weighted by molar-refractivity contribution is 7.99. The molecule has 3 rings (SSSR count). The molecule has 26 heavy (non-hydrogen) atoms. The molecule has 2 atom stereocenters. The first-order valence-electron chi connectivity index (χ1n) is 9.39. The lowest BCUT2D eigenvalue weighted by Gasteiger charge is -2.34. The first kappa shape index (κ1) is 19.0. The van der Waals surface area contributed by atoms with E-state index in [0.29, 0.717) is 17.6 Å². The van der Waals surface area contributed by atoms with Gasteiger partial charge in [-0.05, 0) is 37.7 Å². The number of piperidine rings is 1. The number of carbonyl (C=O) groups is 1. The van der Waals surface area contributed by atoms with Crippen molar-refractivity contribution in [3.63, 3.8) is 0 Å². The number of hydrogen-bond donors (Lipinski definition) is 0. The van der Waals surface area contributed by atoms with Crippen LogP contribution in [0.4, 0.5) is 0 Å². The first-order chi connectivity index (χ1) is 12.5. The fourth-order valence-corrected chi connectivity index (χ4v) is 4.69. The van der Waals surface area contributed by atoms with Crippen LogP contribution in [-0.4, -0.2) is 44.4 Å². The predicted molar refractivity (Wildman–Crippen MR) is 106 cm³/mol. The molecule has 1 saturated heterocycles. The Balaban J connectivity index is 1.71. The normalized spacial score (nSPS) is 20.4. The summed E-state index contributed by atoms with van der Waals surface area (Å²) in [6, 6.07) is 8.20. The lowest BCUT2D eigenvalue weighted by molar-refractivity contribution is -0.130. The van der Waals surface area contributed by atoms with E-state index in [1.54, 1.807) is 0 Å². The van der Waals surface area contributed by atoms with Gasteiger partial charge in [0.25, 0.3) is 0 Å². The highest BCUT2D eigenvalue weighted by Gasteiger charge is 2.26. The molecule has 2 heterocycles. The maximum absolute atomic E-state index is 12.6. The van der Waals surface area contributed by atoms with Gasteiger partial charge >= 0.3 is 0 Å². The van der Waals surface area contributed by atoms with Crippen LogP contribution >= 0.6 is 11.8 Å². The highest BCUT2D eigenvalue weighted by atomic mass is 32.2. The SMILES string of the molecule is CCn1c(SCC(=O)N2C[C@H](C)C[C@@H](C)C2)nnc1-c1ccccc1C. The summed E-state index contributed by atoms with van der Waals surface area (Å²) < 4.78 is 2.10. The molecule has 0 unspecified atom stereocenters. The Labute approximate surface area is 160 Å². The summed E-state index contributed by atoms with van der Waals surface area (Å²) in [4.78, 5) is 14.7. The third-order valence-corrected chi connectivity index (χ3v) is 5.92. The van der Waals surface area contributed by atoms with Crippen LogP contribution in [0.2, 0.25) is 0 Å². The molecule has 0 saturated carbocycles. The zero-order chi connectivity index (χ0) is 18.7. The summed E-state index contributed by atoms with van der Waals surface area (Å²) in [5.41, 5.74) is 2.28. The first-order valence-corrected chi connectivity index (χ1v) is 10.4. The Hall–Kier alpha value is -1.82. The van der Waals surface area contributed by atoms with Gasteiger partial charge in [0.2, 0.25) is 5.91 Å². The summed E-state index contributed by atoms with van der Waals surface area (Å²) >= 11 is 1.50. The second-order valence-electron chi connectivity index (χ2n) is 7.40. The van der Waals surface area contributed by atoms with Crippen LogP contribution in [0.25, 0.3) is 11.4 Å². The van der Waals surface area contributed by atoms with E-state index < -0.39 is 0 Å². The molecule has 1 aromatic heterocycles. The number of nitrogens with zero attached hydrogens (tertiary/aromatic N) is 4. The molecule has 2 aromatic rings. The van der Waals surface area contributed by atoms with E-state index >= 15 is 0 Å². The molecule has 1 aromatic carbocycles. The maximum Gasteiger partial charge on any atom is 0.233 e. The zero-order valence-electron chi connectivity index (χ0n) is 16.1. The summed E-state index contributed by atoms with van der Waals surface area (Å²) in [6.07, 6.45) is 1.21. The predicted octanol–water partition coefficient (Wildman–Crippen LogP) is 3.87. The maximum atomic E-state index is 12.6. The minimum atomic E-state index is 0.205. The van der Waals surface area contributed by atoms with Crippen LogP contribution < -0.4 is 0 Å². The zero-order valence-corrected chi connectivity index (χ0v) is 16.9. The monoisotopic (exact) mass is 372 g/mol. The van der Waals surface area contributed by atoms with Crippen molar-refractivity contribution in [1.29, 1.82) is 0 Å². The molecular weight excluding hydrogens is 344 g/mol. The van der Waals surface area contributed by atoms with E-state index in [9.17, 15) is 4.79 Å². The molecular formula is C20H28N4OS. The van der Waals surface area contributed by atoms with E-state index in [1.807, 2.05) is 17.0 Å². The largest absolute Gasteiger partial charge is 0.341 e. The fourth-order valence-electron chi connectivity index (χ4n) is 3.79. The van der Waals surface area contributed by atoms with Crippen LogP contribution in [0.1, 0.15) is 32.8 Å². The molecule has 1 aliphatic heterocycles. The lowest BCUT2D eigenvalue weighted by Crippen LogP contribution is -2.43. The summed E-state index contributed by atoms with van der Waals surface area (Å²) in [5.74, 6) is 2.67. The molecule has 1 fully saturated rings. The Morgan fingerprint density at radius 3 is 2.54 bits per heavy atom. The van der Waals surface area contributed by atoms with Crippen LogP contribution in [0.15, 0.2) is 29.4 Å². The van der Waals surface area contributed by atoms with E-state index in [2.05, 4.69) is 54.6 Å². The summed E-state index contributed by atoms with van der Waals surface area (Å²) in [6.45, 7) is 11.2. The van der Waals surface area contributed by atoms with Crippen LogP contribution in [0, 0.1) is 18.8 Å². The lowest BCUT2D eigenvalue weighted by atomic mass is 9.92. The quantitative estimate of drug-likeness (QED) is 0.748. The number of aromatic nitrogens is 3. The van der Waals surface area contributed by atoms with Gasteiger partial charge in [-0.25, -0.2) is 0 Å². The van der Waals surface area contributed by atoms with Gasteiger partial charge in [0.05, 0.1) is 5.75 Å². The molecule has 0 spiro atoms. The Kier molecular flexibility index (Phi) is 6.01. The molecule has 0 N–H and O–H groups in total. The van der Waals surface area contributed by atoms with E-state index in [1.165, 1.54) is 23.7 Å². The smallest absolute Gasteiger partial charge is 0.233 e. The molecule has 0 radical (unpaired) electrons. The third kappa shape index (κ3) is 4.11. The van der Waals surface area contributed by atoms with E-state index in [-0.39, 0.29) is 5.91 Å². The third-order valence-electron chi connectivity index (χ3n) is 4.97. The molecule has 0 aliphatic carbocycles. The van der Waals surface area contributed by atoms with Gasteiger partial charge in [0, 0.05) is 25.2 Å². The Morgan fingerprint density at radius 1 is 1.19 bits per heavy atom. The summed E-state index contributed by atoms with van der Waals surface area (Å²) in [5, 5.41) is 9.57. The number of benzene rings is 1. The van der Waals surface area contributed by atoms with Gasteiger partial charge in [-0.3, -0.25) is 4.79 Å².